The molecule has 16 heavy (non-hydrogen) atoms. The number of piperazine rings is 2. The molecule has 0 aromatic carbocycles. The van der Waals surface area contributed by atoms with E-state index in [0.717, 1.165) is 58.8 Å². The van der Waals surface area contributed by atoms with Crippen LogP contribution in [0, 0.1) is 0 Å². The van der Waals surface area contributed by atoms with Crippen LogP contribution in [0.25, 0.3) is 0 Å². The van der Waals surface area contributed by atoms with Crippen molar-refractivity contribution in [2.24, 2.45) is 0 Å². The molecule has 2 aliphatic rings. The van der Waals surface area contributed by atoms with Crippen LogP contribution in [0.3, 0.4) is 0 Å². The van der Waals surface area contributed by atoms with Crippen molar-refractivity contribution in [3.05, 3.63) is 0 Å². The molecule has 0 aromatic rings. The highest BCUT2D eigenvalue weighted by atomic mass is 16.3. The van der Waals surface area contributed by atoms with Crippen molar-refractivity contribution < 1.29 is 5.11 Å². The summed E-state index contributed by atoms with van der Waals surface area (Å²) in [7, 11) is 0. The molecule has 0 aliphatic carbocycles. The fraction of sp³-hybridized carbons (Fsp3) is 1.00. The van der Waals surface area contributed by atoms with Crippen LogP contribution in [0.4, 0.5) is 0 Å². The minimum atomic E-state index is 0.308. The molecule has 0 aromatic heterocycles. The minimum Gasteiger partial charge on any atom is -0.396 e. The van der Waals surface area contributed by atoms with Crippen molar-refractivity contribution in [1.82, 2.24) is 20.4 Å². The van der Waals surface area contributed by atoms with E-state index in [-0.39, 0.29) is 0 Å². The van der Waals surface area contributed by atoms with Gasteiger partial charge in [0.05, 0.1) is 6.17 Å². The van der Waals surface area contributed by atoms with Crippen LogP contribution in [0.2, 0.25) is 0 Å². The Kier molecular flexibility index (Phi) is 4.99. The molecular weight excluding hydrogens is 204 g/mol. The predicted octanol–water partition coefficient (Wildman–Crippen LogP) is -1.48. The number of nitrogens with zero attached hydrogens (tertiary/aromatic N) is 3. The molecule has 2 rings (SSSR count). The van der Waals surface area contributed by atoms with Crippen molar-refractivity contribution in [3.63, 3.8) is 0 Å². The lowest BCUT2D eigenvalue weighted by Gasteiger charge is -2.40. The maximum Gasteiger partial charge on any atom is 0.0888 e. The SMILES string of the molecule is OCCCN1CCN(C2CNCC[N]2)CC1. The first kappa shape index (κ1) is 12.3. The molecule has 93 valence electrons. The lowest BCUT2D eigenvalue weighted by atomic mass is 10.2. The number of nitrogens with one attached hydrogen (secondary N) is 1. The standard InChI is InChI=1S/C11H23N4O/c16-9-1-4-14-5-7-15(8-6-14)11-10-12-2-3-13-11/h11-12,16H,1-10H2. The van der Waals surface area contributed by atoms with Gasteiger partial charge in [0.2, 0.25) is 0 Å². The second kappa shape index (κ2) is 6.51. The largest absolute Gasteiger partial charge is 0.396 e. The molecule has 2 aliphatic heterocycles. The molecule has 2 fully saturated rings. The van der Waals surface area contributed by atoms with Crippen molar-refractivity contribution in [1.29, 1.82) is 0 Å². The molecule has 1 unspecified atom stereocenters. The molecule has 0 bridgehead atoms. The monoisotopic (exact) mass is 227 g/mol. The Morgan fingerprint density at radius 1 is 1.25 bits per heavy atom. The van der Waals surface area contributed by atoms with E-state index in [9.17, 15) is 0 Å². The third kappa shape index (κ3) is 3.40. The van der Waals surface area contributed by atoms with Gasteiger partial charge < -0.3 is 15.3 Å². The van der Waals surface area contributed by atoms with Crippen molar-refractivity contribution in [2.45, 2.75) is 12.6 Å². The van der Waals surface area contributed by atoms with Crippen molar-refractivity contribution in [2.75, 3.05) is 59.0 Å². The quantitative estimate of drug-likeness (QED) is 0.615. The molecule has 5 nitrogen and oxygen atoms in total. The predicted molar refractivity (Wildman–Crippen MR) is 63.4 cm³/mol. The molecule has 0 amide bonds. The van der Waals surface area contributed by atoms with Gasteiger partial charge in [-0.25, -0.2) is 5.32 Å². The van der Waals surface area contributed by atoms with E-state index in [0.29, 0.717) is 12.8 Å². The van der Waals surface area contributed by atoms with Gasteiger partial charge in [-0.05, 0) is 6.42 Å². The van der Waals surface area contributed by atoms with Crippen LogP contribution in [-0.4, -0.2) is 80.0 Å². The maximum absolute atomic E-state index is 8.79. The Balaban J connectivity index is 1.67. The first-order valence-corrected chi connectivity index (χ1v) is 6.35. The van der Waals surface area contributed by atoms with Gasteiger partial charge in [0.1, 0.15) is 0 Å². The Bertz CT molecular complexity index is 188. The Morgan fingerprint density at radius 3 is 2.69 bits per heavy atom. The zero-order chi connectivity index (χ0) is 11.2. The van der Waals surface area contributed by atoms with Gasteiger partial charge in [-0.15, -0.1) is 0 Å². The molecule has 0 saturated carbocycles. The number of hydrogen-bond donors (Lipinski definition) is 2. The van der Waals surface area contributed by atoms with Crippen LogP contribution in [0.15, 0.2) is 0 Å². The molecule has 2 N–H and O–H groups in total. The van der Waals surface area contributed by atoms with Crippen molar-refractivity contribution in [3.8, 4) is 0 Å². The van der Waals surface area contributed by atoms with E-state index in [1.807, 2.05) is 0 Å². The summed E-state index contributed by atoms with van der Waals surface area (Å²) in [5, 5.41) is 16.8. The normalized spacial score (nSPS) is 29.4. The zero-order valence-electron chi connectivity index (χ0n) is 9.94. The van der Waals surface area contributed by atoms with Crippen LogP contribution in [0.5, 0.6) is 0 Å². The highest BCUT2D eigenvalue weighted by Gasteiger charge is 2.25. The Morgan fingerprint density at radius 2 is 2.06 bits per heavy atom. The van der Waals surface area contributed by atoms with Crippen LogP contribution in [-0.2, 0) is 0 Å². The van der Waals surface area contributed by atoms with Gasteiger partial charge in [-0.2, -0.15) is 0 Å². The summed E-state index contributed by atoms with van der Waals surface area (Å²) in [5.41, 5.74) is 0. The molecule has 1 radical (unpaired) electrons. The van der Waals surface area contributed by atoms with Crippen LogP contribution < -0.4 is 10.6 Å². The Labute approximate surface area is 97.8 Å². The summed E-state index contributed by atoms with van der Waals surface area (Å²) in [6, 6.07) is 0. The lowest BCUT2D eigenvalue weighted by molar-refractivity contribution is 0.0693. The van der Waals surface area contributed by atoms with Gasteiger partial charge in [0.25, 0.3) is 0 Å². The first-order valence-electron chi connectivity index (χ1n) is 6.35. The minimum absolute atomic E-state index is 0.308. The number of aliphatic hydroxyl groups is 1. The van der Waals surface area contributed by atoms with Crippen molar-refractivity contribution >= 4 is 0 Å². The molecule has 2 heterocycles. The van der Waals surface area contributed by atoms with Crippen LogP contribution in [0.1, 0.15) is 6.42 Å². The summed E-state index contributed by atoms with van der Waals surface area (Å²) in [6.07, 6.45) is 1.30. The number of hydrogen-bond acceptors (Lipinski definition) is 4. The highest BCUT2D eigenvalue weighted by Crippen LogP contribution is 2.06. The number of rotatable bonds is 4. The highest BCUT2D eigenvalue weighted by molar-refractivity contribution is 4.81. The molecule has 2 saturated heterocycles. The average Bonchev–Trinajstić information content (AvgIpc) is 2.38. The molecule has 0 spiro atoms. The van der Waals surface area contributed by atoms with E-state index < -0.39 is 0 Å². The molecular formula is C11H23N4O. The van der Waals surface area contributed by atoms with Gasteiger partial charge in [-0.3, -0.25) is 4.90 Å². The van der Waals surface area contributed by atoms with E-state index in [2.05, 4.69) is 20.4 Å². The summed E-state index contributed by atoms with van der Waals surface area (Å²) in [4.78, 5) is 4.91. The first-order chi connectivity index (χ1) is 7.90. The Hall–Kier alpha value is -0.200. The van der Waals surface area contributed by atoms with E-state index >= 15 is 0 Å². The van der Waals surface area contributed by atoms with E-state index in [1.165, 1.54) is 0 Å². The smallest absolute Gasteiger partial charge is 0.0888 e. The van der Waals surface area contributed by atoms with Gasteiger partial charge >= 0.3 is 0 Å². The van der Waals surface area contributed by atoms with E-state index in [4.69, 9.17) is 5.11 Å². The van der Waals surface area contributed by atoms with E-state index in [1.54, 1.807) is 0 Å². The molecule has 1 atom stereocenters. The number of aliphatic hydroxyl groups excluding tert-OH is 1. The molecule has 5 heteroatoms. The lowest BCUT2D eigenvalue weighted by Crippen LogP contribution is -2.58. The maximum atomic E-state index is 8.79. The second-order valence-electron chi connectivity index (χ2n) is 4.55. The third-order valence-corrected chi connectivity index (χ3v) is 3.42. The summed E-state index contributed by atoms with van der Waals surface area (Å²) in [6.45, 7) is 8.80. The fourth-order valence-electron chi connectivity index (χ4n) is 2.41. The second-order valence-corrected chi connectivity index (χ2v) is 4.55. The third-order valence-electron chi connectivity index (χ3n) is 3.42. The average molecular weight is 227 g/mol. The topological polar surface area (TPSA) is 52.8 Å². The summed E-state index contributed by atoms with van der Waals surface area (Å²) < 4.78 is 0. The summed E-state index contributed by atoms with van der Waals surface area (Å²) in [5.74, 6) is 0. The van der Waals surface area contributed by atoms with Gasteiger partial charge in [-0.1, -0.05) is 0 Å². The van der Waals surface area contributed by atoms with Crippen LogP contribution >= 0.6 is 0 Å². The van der Waals surface area contributed by atoms with Gasteiger partial charge in [0, 0.05) is 59.0 Å². The summed E-state index contributed by atoms with van der Waals surface area (Å²) >= 11 is 0. The fourth-order valence-corrected chi connectivity index (χ4v) is 2.41. The zero-order valence-corrected chi connectivity index (χ0v) is 9.94. The van der Waals surface area contributed by atoms with Gasteiger partial charge in [0.15, 0.2) is 0 Å².